The number of rotatable bonds is 11. The number of hydrogen-bond acceptors (Lipinski definition) is 9. The van der Waals surface area contributed by atoms with Gasteiger partial charge in [-0.25, -0.2) is 13.4 Å². The molecular weight excluding hydrogens is 536 g/mol. The van der Waals surface area contributed by atoms with Gasteiger partial charge in [-0.15, -0.1) is 11.8 Å². The van der Waals surface area contributed by atoms with E-state index in [1.807, 2.05) is 30.5 Å². The van der Waals surface area contributed by atoms with Gasteiger partial charge in [-0.05, 0) is 47.5 Å². The molecule has 0 amide bonds. The fourth-order valence-corrected chi connectivity index (χ4v) is 5.12. The van der Waals surface area contributed by atoms with Gasteiger partial charge in [0.2, 0.25) is 0 Å². The minimum absolute atomic E-state index is 0.0762. The zero-order valence-electron chi connectivity index (χ0n) is 20.3. The molecule has 0 atom stereocenters. The number of halogens is 1. The van der Waals surface area contributed by atoms with E-state index in [0.29, 0.717) is 28.0 Å². The smallest absolute Gasteiger partial charge is 0.175 e. The van der Waals surface area contributed by atoms with E-state index >= 15 is 0 Å². The third kappa shape index (κ3) is 6.76. The van der Waals surface area contributed by atoms with Gasteiger partial charge in [0, 0.05) is 17.5 Å². The number of benzene rings is 2. The molecule has 0 aliphatic heterocycles. The Labute approximate surface area is 225 Å². The summed E-state index contributed by atoms with van der Waals surface area (Å²) in [5, 5.41) is 12.4. The van der Waals surface area contributed by atoms with Gasteiger partial charge in [0.05, 0.1) is 15.6 Å². The second kappa shape index (κ2) is 12.1. The Balaban J connectivity index is 2.09. The minimum atomic E-state index is -3.39. The van der Waals surface area contributed by atoms with Crippen molar-refractivity contribution in [3.63, 3.8) is 0 Å². The largest absolute Gasteiger partial charge is 0.481 e. The molecule has 1 heterocycles. The lowest BCUT2D eigenvalue weighted by Crippen LogP contribution is -2.11. The van der Waals surface area contributed by atoms with Crippen LogP contribution in [0.5, 0.6) is 0 Å². The third-order valence-corrected chi connectivity index (χ3v) is 7.65. The summed E-state index contributed by atoms with van der Waals surface area (Å²) in [6, 6.07) is 14.3. The van der Waals surface area contributed by atoms with E-state index in [1.54, 1.807) is 12.1 Å². The summed E-state index contributed by atoms with van der Waals surface area (Å²) in [7, 11) is -3.39. The van der Waals surface area contributed by atoms with Crippen LogP contribution in [-0.4, -0.2) is 41.9 Å². The van der Waals surface area contributed by atoms with Crippen molar-refractivity contribution < 1.29 is 13.2 Å². The fraction of sp³-hybridized carbons (Fsp3) is 0.240. The molecule has 0 fully saturated rings. The van der Waals surface area contributed by atoms with Crippen LogP contribution in [0.2, 0.25) is 0 Å². The van der Waals surface area contributed by atoms with Crippen LogP contribution in [-0.2, 0) is 14.6 Å². The van der Waals surface area contributed by atoms with Gasteiger partial charge in [-0.3, -0.25) is 5.41 Å². The zero-order chi connectivity index (χ0) is 26.5. The van der Waals surface area contributed by atoms with E-state index in [9.17, 15) is 8.42 Å². The highest BCUT2D eigenvalue weighted by Gasteiger charge is 2.21. The van der Waals surface area contributed by atoms with Crippen molar-refractivity contribution in [2.45, 2.75) is 24.7 Å². The molecule has 0 bridgehead atoms. The number of thioether (sulfide) groups is 1. The van der Waals surface area contributed by atoms with Gasteiger partial charge in [0.15, 0.2) is 20.7 Å². The Bertz CT molecular complexity index is 1420. The van der Waals surface area contributed by atoms with Gasteiger partial charge in [0.1, 0.15) is 17.4 Å². The van der Waals surface area contributed by atoms with Crippen molar-refractivity contribution in [1.82, 2.24) is 9.36 Å². The molecule has 0 unspecified atom stereocenters. The average Bonchev–Trinajstić information content (AvgIpc) is 3.34. The first-order valence-corrected chi connectivity index (χ1v) is 15.3. The summed E-state index contributed by atoms with van der Waals surface area (Å²) < 4.78 is 34.0. The Hall–Kier alpha value is -2.66. The number of sulfone groups is 1. The summed E-state index contributed by atoms with van der Waals surface area (Å²) in [6.45, 7) is 8.01. The number of nitrogens with zero attached hydrogens (tertiary/aromatic N) is 2. The van der Waals surface area contributed by atoms with Crippen LogP contribution >= 0.6 is 34.9 Å². The molecule has 0 aliphatic rings. The molecule has 0 spiro atoms. The van der Waals surface area contributed by atoms with Crippen LogP contribution in [0.4, 0.5) is 5.69 Å². The van der Waals surface area contributed by atoms with Gasteiger partial charge in [-0.1, -0.05) is 62.4 Å². The number of aromatic nitrogens is 2. The predicted octanol–water partition coefficient (Wildman–Crippen LogP) is 6.62. The maximum absolute atomic E-state index is 12.0. The molecule has 0 radical (unpaired) electrons. The maximum Gasteiger partial charge on any atom is 0.175 e. The lowest BCUT2D eigenvalue weighted by Gasteiger charge is -2.17. The molecule has 11 heteroatoms. The lowest BCUT2D eigenvalue weighted by atomic mass is 10.0. The molecule has 3 rings (SSSR count). The molecule has 0 aliphatic carbocycles. The second-order valence-electron chi connectivity index (χ2n) is 8.13. The number of allylic oxidation sites excluding steroid dienone is 1. The summed E-state index contributed by atoms with van der Waals surface area (Å²) in [6.07, 6.45) is 3.03. The first-order chi connectivity index (χ1) is 17.0. The van der Waals surface area contributed by atoms with E-state index < -0.39 is 9.84 Å². The quantitative estimate of drug-likeness (QED) is 0.154. The highest BCUT2D eigenvalue weighted by molar-refractivity contribution is 7.98. The molecule has 0 saturated carbocycles. The van der Waals surface area contributed by atoms with Crippen LogP contribution in [0.15, 0.2) is 70.8 Å². The molecule has 2 aromatic carbocycles. The van der Waals surface area contributed by atoms with Crippen LogP contribution < -0.4 is 5.32 Å². The van der Waals surface area contributed by atoms with E-state index in [4.69, 9.17) is 21.7 Å². The van der Waals surface area contributed by atoms with Crippen LogP contribution in [0.3, 0.4) is 0 Å². The van der Waals surface area contributed by atoms with Crippen molar-refractivity contribution in [3.05, 3.63) is 76.5 Å². The van der Waals surface area contributed by atoms with Gasteiger partial charge < -0.3 is 10.1 Å². The van der Waals surface area contributed by atoms with Crippen LogP contribution in [0.25, 0.3) is 17.1 Å². The SMILES string of the molecule is C=C(OCSC)C(=N)/C(Cl)=C(\Nc1ccccc1C(C)C)c1nc(-c2cccc(S(C)(=O)=O)c2)ns1. The average molecular weight is 563 g/mol. The highest BCUT2D eigenvalue weighted by Crippen LogP contribution is 2.33. The standard InChI is InChI=1S/C25H27ClN4O3S3/c1-15(2)19-11-6-7-12-20(19)28-23(21(26)22(27)16(3)33-14-34-4)25-29-24(30-35-25)17-9-8-10-18(13-17)36(5,31)32/h6-13,15,27-28H,3,14H2,1-2,4-5H3/b23-21+,27-22?. The van der Waals surface area contributed by atoms with Crippen molar-refractivity contribution in [1.29, 1.82) is 5.41 Å². The van der Waals surface area contributed by atoms with E-state index in [0.717, 1.165) is 29.0 Å². The van der Waals surface area contributed by atoms with Gasteiger partial charge in [0.25, 0.3) is 0 Å². The Morgan fingerprint density at radius 3 is 2.64 bits per heavy atom. The van der Waals surface area contributed by atoms with E-state index in [-0.39, 0.29) is 27.3 Å². The number of anilines is 1. The van der Waals surface area contributed by atoms with E-state index in [2.05, 4.69) is 35.1 Å². The molecule has 2 N–H and O–H groups in total. The molecule has 1 aromatic heterocycles. The fourth-order valence-electron chi connectivity index (χ4n) is 3.21. The minimum Gasteiger partial charge on any atom is -0.481 e. The Morgan fingerprint density at radius 2 is 1.97 bits per heavy atom. The summed E-state index contributed by atoms with van der Waals surface area (Å²) in [5.74, 6) is 1.06. The molecular formula is C25H27ClN4O3S3. The predicted molar refractivity (Wildman–Crippen MR) is 152 cm³/mol. The summed E-state index contributed by atoms with van der Waals surface area (Å²) in [4.78, 5) is 4.82. The summed E-state index contributed by atoms with van der Waals surface area (Å²) >= 11 is 9.28. The van der Waals surface area contributed by atoms with Crippen molar-refractivity contribution in [3.8, 4) is 11.4 Å². The van der Waals surface area contributed by atoms with Crippen LogP contribution in [0, 0.1) is 5.41 Å². The molecule has 36 heavy (non-hydrogen) atoms. The number of para-hydroxylation sites is 1. The number of hydrogen-bond donors (Lipinski definition) is 2. The van der Waals surface area contributed by atoms with Gasteiger partial charge in [-0.2, -0.15) is 4.37 Å². The summed E-state index contributed by atoms with van der Waals surface area (Å²) in [5.41, 5.74) is 2.74. The zero-order valence-corrected chi connectivity index (χ0v) is 23.5. The van der Waals surface area contributed by atoms with Crippen molar-refractivity contribution in [2.24, 2.45) is 0 Å². The Morgan fingerprint density at radius 1 is 1.25 bits per heavy atom. The van der Waals surface area contributed by atoms with Crippen molar-refractivity contribution >= 4 is 61.8 Å². The number of nitrogens with one attached hydrogen (secondary N) is 2. The van der Waals surface area contributed by atoms with E-state index in [1.165, 1.54) is 23.9 Å². The maximum atomic E-state index is 12.0. The topological polar surface area (TPSA) is 105 Å². The first kappa shape index (κ1) is 27.9. The highest BCUT2D eigenvalue weighted by atomic mass is 35.5. The molecule has 7 nitrogen and oxygen atoms in total. The van der Waals surface area contributed by atoms with Crippen LogP contribution in [0.1, 0.15) is 30.3 Å². The lowest BCUT2D eigenvalue weighted by molar-refractivity contribution is 0.297. The monoisotopic (exact) mass is 562 g/mol. The Kier molecular flexibility index (Phi) is 9.35. The first-order valence-electron chi connectivity index (χ1n) is 10.8. The third-order valence-electron chi connectivity index (χ3n) is 5.07. The molecule has 0 saturated heterocycles. The normalized spacial score (nSPS) is 12.3. The van der Waals surface area contributed by atoms with Gasteiger partial charge >= 0.3 is 0 Å². The second-order valence-corrected chi connectivity index (χ2v) is 12.1. The molecule has 3 aromatic rings. The van der Waals surface area contributed by atoms with Crippen molar-refractivity contribution in [2.75, 3.05) is 23.8 Å². The number of ether oxygens (including phenoxy) is 1. The molecule has 190 valence electrons.